The number of hydrogen-bond donors (Lipinski definition) is 1. The molecule has 0 bridgehead atoms. The first-order valence-electron chi connectivity index (χ1n) is 16.9. The summed E-state index contributed by atoms with van der Waals surface area (Å²) in [5.41, 5.74) is 0.508. The van der Waals surface area contributed by atoms with Crippen LogP contribution in [0.5, 0.6) is 0 Å². The topological polar surface area (TPSA) is 153 Å². The van der Waals surface area contributed by atoms with Gasteiger partial charge in [-0.2, -0.15) is 0 Å². The predicted molar refractivity (Wildman–Crippen MR) is 181 cm³/mol. The quantitative estimate of drug-likeness (QED) is 0.196. The van der Waals surface area contributed by atoms with Crippen LogP contribution in [0.25, 0.3) is 11.4 Å². The third-order valence-electron chi connectivity index (χ3n) is 8.37. The summed E-state index contributed by atoms with van der Waals surface area (Å²) in [6, 6.07) is 6.08. The molecule has 270 valence electrons. The highest BCUT2D eigenvalue weighted by molar-refractivity contribution is 7.53. The lowest BCUT2D eigenvalue weighted by Crippen LogP contribution is -2.56. The van der Waals surface area contributed by atoms with Gasteiger partial charge in [-0.25, -0.2) is 19.2 Å². The molecule has 1 N–H and O–H groups in total. The summed E-state index contributed by atoms with van der Waals surface area (Å²) in [7, 11) is -1.91. The molecule has 4 rings (SSSR count). The lowest BCUT2D eigenvalue weighted by Gasteiger charge is -2.36. The number of piperazine rings is 1. The van der Waals surface area contributed by atoms with Crippen LogP contribution in [0, 0.1) is 5.82 Å². The number of anilines is 1. The molecule has 2 unspecified atom stereocenters. The molecule has 2 aromatic rings. The van der Waals surface area contributed by atoms with Crippen LogP contribution in [-0.4, -0.2) is 122 Å². The predicted octanol–water partition coefficient (Wildman–Crippen LogP) is 4.34. The van der Waals surface area contributed by atoms with Gasteiger partial charge in [0.1, 0.15) is 23.4 Å². The summed E-state index contributed by atoms with van der Waals surface area (Å²) in [6.07, 6.45) is 1.86. The van der Waals surface area contributed by atoms with E-state index in [4.69, 9.17) is 18.5 Å². The van der Waals surface area contributed by atoms with E-state index in [2.05, 4.69) is 15.3 Å². The van der Waals surface area contributed by atoms with Crippen LogP contribution in [0.4, 0.5) is 15.0 Å². The minimum atomic E-state index is -3.55. The normalized spacial score (nSPS) is 17.2. The van der Waals surface area contributed by atoms with Crippen molar-refractivity contribution in [2.45, 2.75) is 58.6 Å². The Labute approximate surface area is 287 Å². The Bertz CT molecular complexity index is 1450. The number of nitrogens with zero attached hydrogens (tertiary/aromatic N) is 5. The van der Waals surface area contributed by atoms with Crippen LogP contribution in [-0.2, 0) is 27.9 Å². The average molecular weight is 707 g/mol. The van der Waals surface area contributed by atoms with E-state index >= 15 is 0 Å². The Hall–Kier alpha value is -3.65. The largest absolute Gasteiger partial charge is 0.449 e. The van der Waals surface area contributed by atoms with E-state index < -0.39 is 37.4 Å². The third kappa shape index (κ3) is 10.7. The maximum Gasteiger partial charge on any atom is 0.409 e. The Morgan fingerprint density at radius 3 is 2.29 bits per heavy atom. The maximum atomic E-state index is 14.0. The Balaban J connectivity index is 1.58. The highest BCUT2D eigenvalue weighted by atomic mass is 31.2. The number of amides is 3. The van der Waals surface area contributed by atoms with E-state index in [0.29, 0.717) is 31.1 Å². The van der Waals surface area contributed by atoms with Crippen molar-refractivity contribution in [3.05, 3.63) is 41.8 Å². The van der Waals surface area contributed by atoms with E-state index in [1.807, 2.05) is 11.8 Å². The monoisotopic (exact) mass is 706 g/mol. The highest BCUT2D eigenvalue weighted by Crippen LogP contribution is 2.48. The minimum absolute atomic E-state index is 0.000403. The average Bonchev–Trinajstić information content (AvgIpc) is 3.60. The van der Waals surface area contributed by atoms with Crippen LogP contribution >= 0.6 is 7.60 Å². The van der Waals surface area contributed by atoms with Crippen molar-refractivity contribution in [2.75, 3.05) is 77.3 Å². The molecule has 3 amide bonds. The molecule has 2 atom stereocenters. The van der Waals surface area contributed by atoms with Crippen molar-refractivity contribution in [3.8, 4) is 11.4 Å². The van der Waals surface area contributed by atoms with Crippen molar-refractivity contribution in [3.63, 3.8) is 0 Å². The number of carbonyl (C=O) groups is 3. The molecular weight excluding hydrogens is 658 g/mol. The fraction of sp³-hybridized carbons (Fsp3) is 0.606. The molecule has 1 aromatic heterocycles. The molecule has 0 saturated carbocycles. The number of aromatic nitrogens is 2. The van der Waals surface area contributed by atoms with E-state index in [0.717, 1.165) is 19.3 Å². The molecule has 1 aromatic carbocycles. The number of ether oxygens (including phenoxy) is 2. The van der Waals surface area contributed by atoms with Gasteiger partial charge in [0.2, 0.25) is 5.91 Å². The molecular formula is C33H48FN6O8P. The Morgan fingerprint density at radius 1 is 1.00 bits per heavy atom. The molecule has 2 saturated heterocycles. The van der Waals surface area contributed by atoms with Gasteiger partial charge in [0.05, 0.1) is 32.1 Å². The fourth-order valence-corrected chi connectivity index (χ4v) is 7.32. The Morgan fingerprint density at radius 2 is 1.67 bits per heavy atom. The molecule has 2 fully saturated rings. The third-order valence-corrected chi connectivity index (χ3v) is 10.5. The minimum Gasteiger partial charge on any atom is -0.449 e. The summed E-state index contributed by atoms with van der Waals surface area (Å²) in [4.78, 5) is 54.7. The van der Waals surface area contributed by atoms with Gasteiger partial charge in [0, 0.05) is 58.0 Å². The first-order valence-corrected chi connectivity index (χ1v) is 18.6. The van der Waals surface area contributed by atoms with Crippen LogP contribution in [0.3, 0.4) is 0 Å². The summed E-state index contributed by atoms with van der Waals surface area (Å²) in [5, 5.41) is 2.82. The van der Waals surface area contributed by atoms with E-state index in [9.17, 15) is 23.3 Å². The number of rotatable bonds is 16. The number of halogens is 1. The van der Waals surface area contributed by atoms with Crippen LogP contribution < -0.4 is 10.2 Å². The zero-order chi connectivity index (χ0) is 35.4. The summed E-state index contributed by atoms with van der Waals surface area (Å²) < 4.78 is 48.8. The molecule has 0 radical (unpaired) electrons. The van der Waals surface area contributed by atoms with Crippen molar-refractivity contribution in [2.24, 2.45) is 0 Å². The van der Waals surface area contributed by atoms with Gasteiger partial charge < -0.3 is 38.5 Å². The summed E-state index contributed by atoms with van der Waals surface area (Å²) >= 11 is 0. The Kier molecular flexibility index (Phi) is 14.3. The van der Waals surface area contributed by atoms with Crippen molar-refractivity contribution < 1.29 is 41.9 Å². The maximum absolute atomic E-state index is 14.0. The molecule has 16 heteroatoms. The lowest BCUT2D eigenvalue weighted by atomic mass is 10.1. The van der Waals surface area contributed by atoms with Crippen LogP contribution in [0.2, 0.25) is 0 Å². The second-order valence-corrected chi connectivity index (χ2v) is 14.0. The van der Waals surface area contributed by atoms with Gasteiger partial charge >= 0.3 is 13.7 Å². The van der Waals surface area contributed by atoms with Crippen molar-refractivity contribution in [1.82, 2.24) is 25.1 Å². The fourth-order valence-electron chi connectivity index (χ4n) is 5.63. The number of nitrogens with one attached hydrogen (secondary N) is 1. The number of benzene rings is 1. The molecule has 2 aliphatic heterocycles. The van der Waals surface area contributed by atoms with Gasteiger partial charge in [-0.1, -0.05) is 13.3 Å². The standard InChI is InChI=1S/C33H48FN6O8P/c1-5-8-20-46-33(43)39-18-16-38(17-19-39)32(42)27(14-21-49(44,47-6-2)48-7-3)36-31(41)28-22-29(40-15-13-26(23-40)45-4)37-30(35-28)24-9-11-25(34)12-10-24/h9-12,22,26-27H,5-8,13-21,23H2,1-4H3,(H,36,41). The molecule has 49 heavy (non-hydrogen) atoms. The summed E-state index contributed by atoms with van der Waals surface area (Å²) in [5.74, 6) is -0.769. The number of hydrogen-bond acceptors (Lipinski definition) is 11. The van der Waals surface area contributed by atoms with Gasteiger partial charge in [-0.05, 0) is 57.4 Å². The van der Waals surface area contributed by atoms with Gasteiger partial charge in [-0.3, -0.25) is 14.2 Å². The molecule has 0 spiro atoms. The van der Waals surface area contributed by atoms with E-state index in [1.54, 1.807) is 36.8 Å². The smallest absolute Gasteiger partial charge is 0.409 e. The molecule has 3 heterocycles. The number of methoxy groups -OCH3 is 1. The van der Waals surface area contributed by atoms with Crippen LogP contribution in [0.15, 0.2) is 30.3 Å². The molecule has 14 nitrogen and oxygen atoms in total. The van der Waals surface area contributed by atoms with Gasteiger partial charge in [0.15, 0.2) is 5.82 Å². The molecule has 2 aliphatic rings. The van der Waals surface area contributed by atoms with E-state index in [-0.39, 0.29) is 69.6 Å². The zero-order valence-corrected chi connectivity index (χ0v) is 29.7. The van der Waals surface area contributed by atoms with Gasteiger partial charge in [0.25, 0.3) is 5.91 Å². The van der Waals surface area contributed by atoms with Gasteiger partial charge in [-0.15, -0.1) is 0 Å². The summed E-state index contributed by atoms with van der Waals surface area (Å²) in [6.45, 7) is 8.22. The van der Waals surface area contributed by atoms with Crippen molar-refractivity contribution in [1.29, 1.82) is 0 Å². The first kappa shape index (κ1) is 38.2. The number of carbonyl (C=O) groups excluding carboxylic acids is 3. The highest BCUT2D eigenvalue weighted by Gasteiger charge is 2.34. The first-order chi connectivity index (χ1) is 23.6. The second-order valence-electron chi connectivity index (χ2n) is 11.8. The molecule has 0 aliphatic carbocycles. The SMILES string of the molecule is CCCCOC(=O)N1CCN(C(=O)C(CCP(=O)(OCC)OCC)NC(=O)c2cc(N3CCC(OC)C3)nc(-c3ccc(F)cc3)n2)CC1. The van der Waals surface area contributed by atoms with Crippen LogP contribution in [0.1, 0.15) is 56.9 Å². The van der Waals surface area contributed by atoms with Crippen molar-refractivity contribution >= 4 is 31.3 Å². The number of unbranched alkanes of at least 4 members (excludes halogenated alkanes) is 1. The second kappa shape index (κ2) is 18.4. The zero-order valence-electron chi connectivity index (χ0n) is 28.8. The van der Waals surface area contributed by atoms with E-state index in [1.165, 1.54) is 24.3 Å². The lowest BCUT2D eigenvalue weighted by molar-refractivity contribution is -0.134.